The van der Waals surface area contributed by atoms with Crippen molar-refractivity contribution in [1.82, 2.24) is 9.55 Å². The molecule has 0 bridgehead atoms. The SMILES string of the molecule is CCC(=O)Cc1cnc(OC)c(-c2cc3c(n2C(C)C)C(c2ccc(C#N)cc2)N(c2cccc(Cl)c2F)C3=O)c1. The van der Waals surface area contributed by atoms with E-state index in [1.165, 1.54) is 24.1 Å². The molecule has 208 valence electrons. The van der Waals surface area contributed by atoms with Gasteiger partial charge in [-0.2, -0.15) is 5.26 Å². The molecule has 1 atom stereocenters. The van der Waals surface area contributed by atoms with Crippen LogP contribution in [0.1, 0.15) is 72.0 Å². The summed E-state index contributed by atoms with van der Waals surface area (Å²) in [5.41, 5.74) is 4.37. The van der Waals surface area contributed by atoms with Gasteiger partial charge in [0.05, 0.1) is 52.0 Å². The lowest BCUT2D eigenvalue weighted by Crippen LogP contribution is -2.30. The van der Waals surface area contributed by atoms with Gasteiger partial charge in [0.1, 0.15) is 11.8 Å². The van der Waals surface area contributed by atoms with Crippen molar-refractivity contribution in [2.75, 3.05) is 12.0 Å². The summed E-state index contributed by atoms with van der Waals surface area (Å²) in [5.74, 6) is -0.641. The summed E-state index contributed by atoms with van der Waals surface area (Å²) < 4.78 is 23.1. The molecule has 2 aromatic heterocycles. The highest BCUT2D eigenvalue weighted by molar-refractivity contribution is 6.31. The van der Waals surface area contributed by atoms with Crippen LogP contribution >= 0.6 is 11.6 Å². The Bertz CT molecular complexity index is 1710. The normalized spacial score (nSPS) is 14.3. The maximum Gasteiger partial charge on any atom is 0.261 e. The van der Waals surface area contributed by atoms with Crippen LogP contribution < -0.4 is 9.64 Å². The minimum atomic E-state index is -0.710. The highest BCUT2D eigenvalue weighted by Gasteiger charge is 2.44. The van der Waals surface area contributed by atoms with Gasteiger partial charge in [-0.05, 0) is 61.4 Å². The summed E-state index contributed by atoms with van der Waals surface area (Å²) in [6.45, 7) is 5.81. The number of carbonyl (C=O) groups is 2. The lowest BCUT2D eigenvalue weighted by atomic mass is 10.0. The molecule has 0 saturated carbocycles. The number of hydrogen-bond acceptors (Lipinski definition) is 5. The Balaban J connectivity index is 1.77. The predicted octanol–water partition coefficient (Wildman–Crippen LogP) is 7.08. The van der Waals surface area contributed by atoms with Gasteiger partial charge in [-0.1, -0.05) is 36.7 Å². The van der Waals surface area contributed by atoms with Crippen LogP contribution in [0, 0.1) is 17.1 Å². The van der Waals surface area contributed by atoms with Gasteiger partial charge in [-0.15, -0.1) is 0 Å². The standard InChI is InChI=1S/C32H28ClFN4O3/c1-5-22(39)13-20-14-23(31(41-4)36-17-20)27-15-24-30(37(27)18(2)3)29(21-11-9-19(16-35)10-12-21)38(32(24)40)26-8-6-7-25(33)28(26)34/h6-12,14-15,17-18,29H,5,13H2,1-4H3. The first-order valence-corrected chi connectivity index (χ1v) is 13.7. The number of methoxy groups -OCH3 is 1. The molecule has 1 aliphatic rings. The lowest BCUT2D eigenvalue weighted by Gasteiger charge is -2.29. The number of carbonyl (C=O) groups excluding carboxylic acids is 2. The Labute approximate surface area is 242 Å². The van der Waals surface area contributed by atoms with Crippen LogP contribution in [0.25, 0.3) is 11.3 Å². The molecule has 5 rings (SSSR count). The van der Waals surface area contributed by atoms with Crippen LogP contribution in [-0.2, 0) is 11.2 Å². The molecule has 0 fully saturated rings. The van der Waals surface area contributed by atoms with E-state index in [1.54, 1.807) is 42.6 Å². The van der Waals surface area contributed by atoms with Crippen molar-refractivity contribution in [3.63, 3.8) is 0 Å². The fraction of sp³-hybridized carbons (Fsp3) is 0.250. The molecule has 2 aromatic carbocycles. The van der Waals surface area contributed by atoms with E-state index in [-0.39, 0.29) is 34.9 Å². The highest BCUT2D eigenvalue weighted by atomic mass is 35.5. The Hall–Kier alpha value is -4.48. The second kappa shape index (κ2) is 11.2. The van der Waals surface area contributed by atoms with Gasteiger partial charge >= 0.3 is 0 Å². The lowest BCUT2D eigenvalue weighted by molar-refractivity contribution is -0.118. The molecular formula is C32H28ClFN4O3. The number of aromatic nitrogens is 2. The molecule has 3 heterocycles. The minimum absolute atomic E-state index is 0.0595. The molecule has 0 N–H and O–H groups in total. The van der Waals surface area contributed by atoms with Crippen molar-refractivity contribution in [3.8, 4) is 23.2 Å². The van der Waals surface area contributed by atoms with Crippen LogP contribution in [0.5, 0.6) is 5.88 Å². The van der Waals surface area contributed by atoms with Crippen LogP contribution in [0.4, 0.5) is 10.1 Å². The van der Waals surface area contributed by atoms with Crippen LogP contribution in [0.2, 0.25) is 5.02 Å². The summed E-state index contributed by atoms with van der Waals surface area (Å²) in [4.78, 5) is 32.2. The van der Waals surface area contributed by atoms with Gasteiger partial charge in [0.2, 0.25) is 5.88 Å². The van der Waals surface area contributed by atoms with Crippen LogP contribution in [0.15, 0.2) is 60.8 Å². The number of halogens is 2. The Morgan fingerprint density at radius 1 is 1.17 bits per heavy atom. The number of rotatable bonds is 8. The second-order valence-corrected chi connectivity index (χ2v) is 10.6. The van der Waals surface area contributed by atoms with Crippen molar-refractivity contribution in [2.24, 2.45) is 0 Å². The van der Waals surface area contributed by atoms with Gasteiger partial charge in [-0.3, -0.25) is 14.5 Å². The first kappa shape index (κ1) is 28.1. The average Bonchev–Trinajstić information content (AvgIpc) is 3.49. The molecule has 4 aromatic rings. The maximum atomic E-state index is 15.4. The number of benzene rings is 2. The molecule has 0 spiro atoms. The van der Waals surface area contributed by atoms with Crippen molar-refractivity contribution >= 4 is 29.0 Å². The van der Waals surface area contributed by atoms with Crippen LogP contribution in [0.3, 0.4) is 0 Å². The van der Waals surface area contributed by atoms with E-state index in [1.807, 2.05) is 31.4 Å². The summed E-state index contributed by atoms with van der Waals surface area (Å²) in [6, 6.07) is 16.4. The zero-order valence-electron chi connectivity index (χ0n) is 23.1. The number of ether oxygens (including phenoxy) is 1. The number of hydrogen-bond donors (Lipinski definition) is 0. The number of nitrogens with zero attached hydrogens (tertiary/aromatic N) is 4. The molecule has 0 radical (unpaired) electrons. The number of fused-ring (bicyclic) bond motifs is 1. The third kappa shape index (κ3) is 4.87. The highest BCUT2D eigenvalue weighted by Crippen LogP contribution is 2.48. The molecule has 1 amide bonds. The fourth-order valence-electron chi connectivity index (χ4n) is 5.39. The largest absolute Gasteiger partial charge is 0.481 e. The molecule has 1 aliphatic heterocycles. The van der Waals surface area contributed by atoms with Crippen molar-refractivity contribution in [1.29, 1.82) is 5.26 Å². The second-order valence-electron chi connectivity index (χ2n) is 10.1. The van der Waals surface area contributed by atoms with E-state index in [9.17, 15) is 14.9 Å². The van der Waals surface area contributed by atoms with E-state index in [0.29, 0.717) is 45.9 Å². The summed E-state index contributed by atoms with van der Waals surface area (Å²) in [6.07, 6.45) is 2.27. The summed E-state index contributed by atoms with van der Waals surface area (Å²) in [7, 11) is 1.52. The predicted molar refractivity (Wildman–Crippen MR) is 155 cm³/mol. The van der Waals surface area contributed by atoms with Gasteiger partial charge in [-0.25, -0.2) is 9.37 Å². The van der Waals surface area contributed by atoms with Crippen molar-refractivity contribution in [3.05, 3.63) is 99.6 Å². The Kier molecular flexibility index (Phi) is 7.65. The molecule has 1 unspecified atom stereocenters. The number of ketones is 1. The molecule has 41 heavy (non-hydrogen) atoms. The van der Waals surface area contributed by atoms with E-state index in [0.717, 1.165) is 5.56 Å². The number of anilines is 1. The zero-order chi connectivity index (χ0) is 29.4. The van der Waals surface area contributed by atoms with Crippen molar-refractivity contribution in [2.45, 2.75) is 45.7 Å². The topological polar surface area (TPSA) is 88.2 Å². The van der Waals surface area contributed by atoms with E-state index in [2.05, 4.69) is 11.1 Å². The maximum absolute atomic E-state index is 15.4. The quantitative estimate of drug-likeness (QED) is 0.226. The van der Waals surface area contributed by atoms with Gasteiger partial charge in [0, 0.05) is 25.1 Å². The van der Waals surface area contributed by atoms with Crippen LogP contribution in [-0.4, -0.2) is 28.4 Å². The first-order valence-electron chi connectivity index (χ1n) is 13.3. The van der Waals surface area contributed by atoms with E-state index >= 15 is 4.39 Å². The molecule has 0 aliphatic carbocycles. The van der Waals surface area contributed by atoms with E-state index < -0.39 is 11.9 Å². The number of Topliss-reactive ketones (excluding diaryl/α,β-unsaturated/α-hetero) is 1. The molecular weight excluding hydrogens is 543 g/mol. The third-order valence-corrected chi connectivity index (χ3v) is 7.57. The summed E-state index contributed by atoms with van der Waals surface area (Å²) >= 11 is 6.14. The minimum Gasteiger partial charge on any atom is -0.481 e. The van der Waals surface area contributed by atoms with Crippen molar-refractivity contribution < 1.29 is 18.7 Å². The number of nitriles is 1. The Morgan fingerprint density at radius 2 is 1.90 bits per heavy atom. The smallest absolute Gasteiger partial charge is 0.261 e. The first-order chi connectivity index (χ1) is 19.7. The average molecular weight is 571 g/mol. The van der Waals surface area contributed by atoms with Gasteiger partial charge < -0.3 is 9.30 Å². The molecule has 7 nitrogen and oxygen atoms in total. The fourth-order valence-corrected chi connectivity index (χ4v) is 5.56. The summed E-state index contributed by atoms with van der Waals surface area (Å²) in [5, 5.41) is 9.27. The van der Waals surface area contributed by atoms with Gasteiger partial charge in [0.25, 0.3) is 5.91 Å². The number of amides is 1. The molecule has 0 saturated heterocycles. The third-order valence-electron chi connectivity index (χ3n) is 7.28. The monoisotopic (exact) mass is 570 g/mol. The van der Waals surface area contributed by atoms with Gasteiger partial charge in [0.15, 0.2) is 5.82 Å². The van der Waals surface area contributed by atoms with E-state index in [4.69, 9.17) is 16.3 Å². The molecule has 9 heteroatoms. The number of pyridine rings is 1. The Morgan fingerprint density at radius 3 is 2.54 bits per heavy atom. The zero-order valence-corrected chi connectivity index (χ0v) is 23.9.